The molecule has 1 atom stereocenters. The zero-order valence-corrected chi connectivity index (χ0v) is 12.3. The summed E-state index contributed by atoms with van der Waals surface area (Å²) < 4.78 is 25.9. The van der Waals surface area contributed by atoms with E-state index in [4.69, 9.17) is 0 Å². The SMILES string of the molecule is C[C@@H](Nc1ccc(F)c(F)c1)C(=O)NCCc1cccs1. The van der Waals surface area contributed by atoms with Crippen molar-refractivity contribution >= 4 is 22.9 Å². The van der Waals surface area contributed by atoms with Crippen molar-refractivity contribution in [1.82, 2.24) is 5.32 Å². The average molecular weight is 310 g/mol. The first kappa shape index (κ1) is 15.4. The highest BCUT2D eigenvalue weighted by molar-refractivity contribution is 7.09. The van der Waals surface area contributed by atoms with Gasteiger partial charge in [-0.1, -0.05) is 6.07 Å². The van der Waals surface area contributed by atoms with Crippen molar-refractivity contribution in [3.63, 3.8) is 0 Å². The molecule has 0 aliphatic rings. The van der Waals surface area contributed by atoms with E-state index in [9.17, 15) is 13.6 Å². The van der Waals surface area contributed by atoms with Crippen LogP contribution in [0.15, 0.2) is 35.7 Å². The molecule has 0 aliphatic heterocycles. The number of anilines is 1. The minimum Gasteiger partial charge on any atom is -0.374 e. The van der Waals surface area contributed by atoms with Crippen molar-refractivity contribution in [2.45, 2.75) is 19.4 Å². The van der Waals surface area contributed by atoms with Gasteiger partial charge in [0.25, 0.3) is 0 Å². The number of carbonyl (C=O) groups is 1. The number of hydrogen-bond acceptors (Lipinski definition) is 3. The van der Waals surface area contributed by atoms with E-state index in [0.717, 1.165) is 18.6 Å². The summed E-state index contributed by atoms with van der Waals surface area (Å²) in [7, 11) is 0. The fourth-order valence-electron chi connectivity index (χ4n) is 1.82. The van der Waals surface area contributed by atoms with E-state index in [2.05, 4.69) is 10.6 Å². The average Bonchev–Trinajstić information content (AvgIpc) is 2.96. The lowest BCUT2D eigenvalue weighted by atomic mass is 10.2. The van der Waals surface area contributed by atoms with E-state index in [1.807, 2.05) is 17.5 Å². The molecule has 1 aromatic carbocycles. The van der Waals surface area contributed by atoms with Crippen molar-refractivity contribution < 1.29 is 13.6 Å². The third kappa shape index (κ3) is 4.53. The highest BCUT2D eigenvalue weighted by atomic mass is 32.1. The quantitative estimate of drug-likeness (QED) is 0.860. The van der Waals surface area contributed by atoms with Gasteiger partial charge in [-0.05, 0) is 36.9 Å². The summed E-state index contributed by atoms with van der Waals surface area (Å²) in [5.74, 6) is -2.03. The van der Waals surface area contributed by atoms with Crippen molar-refractivity contribution in [1.29, 1.82) is 0 Å². The Morgan fingerprint density at radius 1 is 1.29 bits per heavy atom. The first-order valence-corrected chi connectivity index (χ1v) is 7.46. The summed E-state index contributed by atoms with van der Waals surface area (Å²) in [5, 5.41) is 7.63. The molecular formula is C15H16F2N2OS. The summed E-state index contributed by atoms with van der Waals surface area (Å²) >= 11 is 1.64. The maximum absolute atomic E-state index is 13.1. The lowest BCUT2D eigenvalue weighted by molar-refractivity contribution is -0.121. The summed E-state index contributed by atoms with van der Waals surface area (Å²) in [4.78, 5) is 13.1. The summed E-state index contributed by atoms with van der Waals surface area (Å²) in [6.45, 7) is 2.21. The number of nitrogens with one attached hydrogen (secondary N) is 2. The van der Waals surface area contributed by atoms with Crippen LogP contribution < -0.4 is 10.6 Å². The molecule has 6 heteroatoms. The first-order chi connectivity index (χ1) is 10.1. The van der Waals surface area contributed by atoms with Gasteiger partial charge in [0.1, 0.15) is 6.04 Å². The van der Waals surface area contributed by atoms with Crippen molar-refractivity contribution in [2.75, 3.05) is 11.9 Å². The molecule has 21 heavy (non-hydrogen) atoms. The molecule has 0 saturated heterocycles. The molecule has 0 spiro atoms. The molecule has 0 bridgehead atoms. The molecule has 1 amide bonds. The van der Waals surface area contributed by atoms with E-state index < -0.39 is 17.7 Å². The molecule has 112 valence electrons. The van der Waals surface area contributed by atoms with Crippen molar-refractivity contribution in [3.8, 4) is 0 Å². The summed E-state index contributed by atoms with van der Waals surface area (Å²) in [6.07, 6.45) is 0.779. The number of benzene rings is 1. The normalized spacial score (nSPS) is 12.0. The number of halogens is 2. The predicted molar refractivity (Wildman–Crippen MR) is 80.5 cm³/mol. The van der Waals surface area contributed by atoms with Crippen LogP contribution in [-0.4, -0.2) is 18.5 Å². The van der Waals surface area contributed by atoms with Gasteiger partial charge >= 0.3 is 0 Å². The topological polar surface area (TPSA) is 41.1 Å². The molecule has 1 heterocycles. The number of rotatable bonds is 6. The fraction of sp³-hybridized carbons (Fsp3) is 0.267. The van der Waals surface area contributed by atoms with Crippen molar-refractivity contribution in [3.05, 3.63) is 52.2 Å². The van der Waals surface area contributed by atoms with Gasteiger partial charge in [-0.3, -0.25) is 4.79 Å². The zero-order chi connectivity index (χ0) is 15.2. The lowest BCUT2D eigenvalue weighted by Crippen LogP contribution is -2.38. The molecule has 2 aromatic rings. The van der Waals surface area contributed by atoms with Crippen LogP contribution in [0.25, 0.3) is 0 Å². The second-order valence-electron chi connectivity index (χ2n) is 4.62. The summed E-state index contributed by atoms with van der Waals surface area (Å²) in [5.41, 5.74) is 0.370. The molecule has 0 radical (unpaired) electrons. The Hall–Kier alpha value is -1.95. The fourth-order valence-corrected chi connectivity index (χ4v) is 2.53. The van der Waals surface area contributed by atoms with Gasteiger partial charge in [0.15, 0.2) is 11.6 Å². The predicted octanol–water partition coefficient (Wildman–Crippen LogP) is 3.19. The van der Waals surface area contributed by atoms with E-state index in [1.165, 1.54) is 10.9 Å². The lowest BCUT2D eigenvalue weighted by Gasteiger charge is -2.15. The molecule has 0 saturated carbocycles. The van der Waals surface area contributed by atoms with Crippen LogP contribution in [0.1, 0.15) is 11.8 Å². The monoisotopic (exact) mass is 310 g/mol. The van der Waals surface area contributed by atoms with E-state index in [-0.39, 0.29) is 5.91 Å². The summed E-state index contributed by atoms with van der Waals surface area (Å²) in [6, 6.07) is 6.91. The highest BCUT2D eigenvalue weighted by Gasteiger charge is 2.13. The standard InChI is InChI=1S/C15H16F2N2OS/c1-10(19-11-4-5-13(16)14(17)9-11)15(20)18-7-6-12-3-2-8-21-12/h2-5,8-10,19H,6-7H2,1H3,(H,18,20)/t10-/m1/s1. The number of carbonyl (C=O) groups excluding carboxylic acids is 1. The number of amides is 1. The van der Waals surface area contributed by atoms with E-state index >= 15 is 0 Å². The molecule has 1 aromatic heterocycles. The van der Waals surface area contributed by atoms with Crippen molar-refractivity contribution in [2.24, 2.45) is 0 Å². The number of thiophene rings is 1. The Morgan fingerprint density at radius 3 is 2.76 bits per heavy atom. The van der Waals surface area contributed by atoms with Crippen LogP contribution in [0.5, 0.6) is 0 Å². The molecule has 2 rings (SSSR count). The largest absolute Gasteiger partial charge is 0.374 e. The Balaban J connectivity index is 1.80. The minimum atomic E-state index is -0.940. The molecule has 0 unspecified atom stereocenters. The van der Waals surface area contributed by atoms with Gasteiger partial charge in [0.2, 0.25) is 5.91 Å². The van der Waals surface area contributed by atoms with E-state index in [1.54, 1.807) is 18.3 Å². The molecule has 0 aliphatic carbocycles. The third-order valence-electron chi connectivity index (χ3n) is 2.95. The Labute approximate surface area is 126 Å². The van der Waals surface area contributed by atoms with Crippen LogP contribution in [0.2, 0.25) is 0 Å². The Bertz CT molecular complexity index is 602. The first-order valence-electron chi connectivity index (χ1n) is 6.58. The maximum atomic E-state index is 13.1. The Kier molecular flexibility index (Phi) is 5.27. The smallest absolute Gasteiger partial charge is 0.242 e. The molecule has 3 nitrogen and oxygen atoms in total. The van der Waals surface area contributed by atoms with Gasteiger partial charge < -0.3 is 10.6 Å². The molecular weight excluding hydrogens is 294 g/mol. The van der Waals surface area contributed by atoms with Crippen LogP contribution in [0, 0.1) is 11.6 Å². The molecule has 2 N–H and O–H groups in total. The minimum absolute atomic E-state index is 0.184. The molecule has 0 fully saturated rings. The van der Waals surface area contributed by atoms with Gasteiger partial charge in [0.05, 0.1) is 0 Å². The van der Waals surface area contributed by atoms with Gasteiger partial charge in [-0.15, -0.1) is 11.3 Å². The second kappa shape index (κ2) is 7.17. The van der Waals surface area contributed by atoms with E-state index in [0.29, 0.717) is 12.2 Å². The van der Waals surface area contributed by atoms with Crippen LogP contribution >= 0.6 is 11.3 Å². The zero-order valence-electron chi connectivity index (χ0n) is 11.5. The third-order valence-corrected chi connectivity index (χ3v) is 3.88. The second-order valence-corrected chi connectivity index (χ2v) is 5.65. The van der Waals surface area contributed by atoms with Crippen LogP contribution in [0.3, 0.4) is 0 Å². The Morgan fingerprint density at radius 2 is 2.10 bits per heavy atom. The maximum Gasteiger partial charge on any atom is 0.242 e. The van der Waals surface area contributed by atoms with Gasteiger partial charge in [0, 0.05) is 23.2 Å². The van der Waals surface area contributed by atoms with Gasteiger partial charge in [-0.25, -0.2) is 8.78 Å². The van der Waals surface area contributed by atoms with Crippen LogP contribution in [-0.2, 0) is 11.2 Å². The number of hydrogen-bond donors (Lipinski definition) is 2. The van der Waals surface area contributed by atoms with Gasteiger partial charge in [-0.2, -0.15) is 0 Å². The highest BCUT2D eigenvalue weighted by Crippen LogP contribution is 2.14. The van der Waals surface area contributed by atoms with Crippen LogP contribution in [0.4, 0.5) is 14.5 Å².